The monoisotopic (exact) mass is 547 g/mol. The molecule has 0 fully saturated rings. The van der Waals surface area contributed by atoms with Crippen molar-refractivity contribution in [3.05, 3.63) is 24.3 Å². The molecule has 7 nitrogen and oxygen atoms in total. The summed E-state index contributed by atoms with van der Waals surface area (Å²) in [5, 5.41) is 17.9. The van der Waals surface area contributed by atoms with Gasteiger partial charge in [-0.25, -0.2) is 8.42 Å². The summed E-state index contributed by atoms with van der Waals surface area (Å²) in [6, 6.07) is 6.44. The zero-order chi connectivity index (χ0) is 26.4. The number of rotatable bonds is 21. The zero-order valence-corrected chi connectivity index (χ0v) is 23.5. The van der Waals surface area contributed by atoms with E-state index in [0.717, 1.165) is 52.5 Å². The molecule has 4 N–H and O–H groups in total. The summed E-state index contributed by atoms with van der Waals surface area (Å²) < 4.78 is 32.8. The van der Waals surface area contributed by atoms with Crippen LogP contribution >= 0.6 is 0 Å². The van der Waals surface area contributed by atoms with Crippen LogP contribution in [-0.2, 0) is 38.4 Å². The van der Waals surface area contributed by atoms with Gasteiger partial charge in [0.15, 0.2) is 15.6 Å². The summed E-state index contributed by atoms with van der Waals surface area (Å²) in [4.78, 5) is 11.7. The molecule has 200 valence electrons. The predicted octanol–water partition coefficient (Wildman–Crippen LogP) is 5.09. The Labute approximate surface area is 223 Å². The van der Waals surface area contributed by atoms with Gasteiger partial charge in [0.25, 0.3) is 0 Å². The van der Waals surface area contributed by atoms with Crippen LogP contribution in [-0.4, -0.2) is 42.9 Å². The van der Waals surface area contributed by atoms with Gasteiger partial charge in [0.05, 0.1) is 17.3 Å². The molecule has 0 saturated heterocycles. The number of carbonyl (C=O) groups excluding carboxylic acids is 1. The quantitative estimate of drug-likeness (QED) is 0.111. The molecule has 0 aromatic heterocycles. The van der Waals surface area contributed by atoms with E-state index in [2.05, 4.69) is 0 Å². The van der Waals surface area contributed by atoms with Gasteiger partial charge in [0.1, 0.15) is 6.10 Å². The number of benzene rings is 1. The van der Waals surface area contributed by atoms with Crippen molar-refractivity contribution in [2.24, 2.45) is 0 Å². The van der Waals surface area contributed by atoms with Crippen LogP contribution in [0.4, 0.5) is 5.69 Å². The number of sulfone groups is 1. The molecule has 1 aromatic rings. The third-order valence-corrected chi connectivity index (χ3v) is 7.94. The van der Waals surface area contributed by atoms with E-state index in [-0.39, 0.29) is 11.5 Å². The molecule has 1 rings (SSSR count). The zero-order valence-electron chi connectivity index (χ0n) is 21.1. The molecule has 0 saturated carbocycles. The molecule has 1 aromatic carbocycles. The number of nitrogens with two attached hydrogens (primary N) is 1. The average molecular weight is 548 g/mol. The van der Waals surface area contributed by atoms with Crippen molar-refractivity contribution in [1.82, 2.24) is 0 Å². The van der Waals surface area contributed by atoms with Crippen molar-refractivity contribution >= 4 is 21.3 Å². The number of carbonyl (C=O) groups is 1. The summed E-state index contributed by atoms with van der Waals surface area (Å²) in [5.41, 5.74) is 6.19. The second kappa shape index (κ2) is 22.3. The molecular weight excluding hydrogens is 502 g/mol. The second-order valence-electron chi connectivity index (χ2n) is 9.11. The standard InChI is InChI=1S/C26H45NO5S.O.Ti/c27-23-17-19-24(20-18-23)33(31,32)21-15-13-11-9-7-5-3-1-2-4-6-8-10-12-14-16-25(29)26(30)22-28;;/h17-20,26,28,30H,1-16,21-22,27H2;;. The van der Waals surface area contributed by atoms with E-state index >= 15 is 0 Å². The number of nitrogen functional groups attached to an aromatic ring is 1. The van der Waals surface area contributed by atoms with E-state index in [1.807, 2.05) is 0 Å². The van der Waals surface area contributed by atoms with E-state index in [1.54, 1.807) is 24.3 Å². The van der Waals surface area contributed by atoms with Gasteiger partial charge in [0, 0.05) is 12.1 Å². The van der Waals surface area contributed by atoms with Gasteiger partial charge in [0.2, 0.25) is 0 Å². The van der Waals surface area contributed by atoms with Crippen molar-refractivity contribution in [3.63, 3.8) is 0 Å². The van der Waals surface area contributed by atoms with Gasteiger partial charge in [-0.15, -0.1) is 0 Å². The number of unbranched alkanes of at least 4 members (excludes halogenated alkanes) is 14. The fraction of sp³-hybridized carbons (Fsp3) is 0.731. The Balaban J connectivity index is 0.00000562. The van der Waals surface area contributed by atoms with Crippen LogP contribution in [0.2, 0.25) is 0 Å². The number of hydrogen-bond acceptors (Lipinski definition) is 7. The summed E-state index contributed by atoms with van der Waals surface area (Å²) in [5.74, 6) is -0.0400. The minimum atomic E-state index is -3.19. The summed E-state index contributed by atoms with van der Waals surface area (Å²) in [6.07, 6.45) is 16.1. The van der Waals surface area contributed by atoms with Crippen molar-refractivity contribution < 1.29 is 47.2 Å². The Morgan fingerprint density at radius 1 is 0.743 bits per heavy atom. The van der Waals surface area contributed by atoms with Gasteiger partial charge in [-0.05, 0) is 37.1 Å². The van der Waals surface area contributed by atoms with Crippen LogP contribution in [0.15, 0.2) is 29.2 Å². The van der Waals surface area contributed by atoms with E-state index in [1.165, 1.54) is 57.8 Å². The Kier molecular flexibility index (Phi) is 21.7. The minimum absolute atomic E-state index is 0.210. The van der Waals surface area contributed by atoms with Crippen molar-refractivity contribution in [2.45, 2.75) is 114 Å². The molecule has 35 heavy (non-hydrogen) atoms. The van der Waals surface area contributed by atoms with Crippen molar-refractivity contribution in [2.75, 3.05) is 18.1 Å². The third-order valence-electron chi connectivity index (χ3n) is 6.12. The first kappa shape index (κ1) is 34.1. The van der Waals surface area contributed by atoms with Gasteiger partial charge < -0.3 is 15.9 Å². The fourth-order valence-corrected chi connectivity index (χ4v) is 5.32. The van der Waals surface area contributed by atoms with Gasteiger partial charge >= 0.3 is 23.7 Å². The van der Waals surface area contributed by atoms with Crippen molar-refractivity contribution in [1.29, 1.82) is 0 Å². The van der Waals surface area contributed by atoms with E-state index < -0.39 is 22.5 Å². The molecule has 0 spiro atoms. The SMILES string of the molecule is Nc1ccc(S(=O)(=O)CCCCCCCCCCCCCCCCCC(=O)C(O)CO)cc1.[O]=[Ti]. The van der Waals surface area contributed by atoms with Crippen LogP contribution in [0.1, 0.15) is 103 Å². The number of hydrogen-bond donors (Lipinski definition) is 3. The molecule has 0 bridgehead atoms. The molecular formula is C26H45NO6STi. The first-order valence-corrected chi connectivity index (χ1v) is 15.3. The van der Waals surface area contributed by atoms with Gasteiger partial charge in [-0.1, -0.05) is 83.5 Å². The van der Waals surface area contributed by atoms with Crippen LogP contribution in [0.3, 0.4) is 0 Å². The first-order chi connectivity index (χ1) is 16.9. The number of anilines is 1. The fourth-order valence-electron chi connectivity index (χ4n) is 3.95. The molecule has 0 aliphatic carbocycles. The van der Waals surface area contributed by atoms with Crippen LogP contribution in [0, 0.1) is 0 Å². The van der Waals surface area contributed by atoms with E-state index in [9.17, 15) is 18.3 Å². The second-order valence-corrected chi connectivity index (χ2v) is 11.2. The number of aliphatic hydroxyl groups excluding tert-OH is 2. The van der Waals surface area contributed by atoms with E-state index in [4.69, 9.17) is 14.2 Å². The molecule has 0 radical (unpaired) electrons. The topological polar surface area (TPSA) is 135 Å². The van der Waals surface area contributed by atoms with E-state index in [0.29, 0.717) is 23.4 Å². The maximum atomic E-state index is 12.3. The van der Waals surface area contributed by atoms with Crippen molar-refractivity contribution in [3.8, 4) is 0 Å². The van der Waals surface area contributed by atoms with Gasteiger partial charge in [-0.3, -0.25) is 4.79 Å². The Morgan fingerprint density at radius 3 is 1.51 bits per heavy atom. The first-order valence-electron chi connectivity index (χ1n) is 13.0. The third kappa shape index (κ3) is 18.0. The number of aliphatic hydroxyl groups is 2. The molecule has 0 aliphatic rings. The molecule has 1 unspecified atom stereocenters. The van der Waals surface area contributed by atoms with Crippen LogP contribution in [0.25, 0.3) is 0 Å². The molecule has 0 amide bonds. The average Bonchev–Trinajstić information content (AvgIpc) is 2.86. The Hall–Kier alpha value is -0.926. The molecule has 9 heteroatoms. The predicted molar refractivity (Wildman–Crippen MR) is 136 cm³/mol. The number of ketones is 1. The molecule has 0 heterocycles. The van der Waals surface area contributed by atoms with Gasteiger partial charge in [-0.2, -0.15) is 0 Å². The summed E-state index contributed by atoms with van der Waals surface area (Å²) in [6.45, 7) is -0.475. The summed E-state index contributed by atoms with van der Waals surface area (Å²) in [7, 11) is -3.19. The summed E-state index contributed by atoms with van der Waals surface area (Å²) >= 11 is 0.750. The Bertz CT molecular complexity index is 758. The van der Waals surface area contributed by atoms with Crippen LogP contribution < -0.4 is 5.73 Å². The number of Topliss-reactive ketones (excluding diaryl/α,β-unsaturated/α-hetero) is 1. The molecule has 0 aliphatic heterocycles. The molecule has 1 atom stereocenters. The Morgan fingerprint density at radius 2 is 1.11 bits per heavy atom. The normalized spacial score (nSPS) is 12.0. The maximum absolute atomic E-state index is 12.3. The van der Waals surface area contributed by atoms with Crippen LogP contribution in [0.5, 0.6) is 0 Å².